The van der Waals surface area contributed by atoms with E-state index in [4.69, 9.17) is 9.72 Å². The number of nitrogens with zero attached hydrogens (tertiary/aromatic N) is 3. The molecule has 0 saturated carbocycles. The molecule has 1 fully saturated rings. The Morgan fingerprint density at radius 3 is 2.81 bits per heavy atom. The number of nitrogens with one attached hydrogen (secondary N) is 1. The summed E-state index contributed by atoms with van der Waals surface area (Å²) in [5, 5.41) is 9.06. The van der Waals surface area contributed by atoms with Gasteiger partial charge in [0.1, 0.15) is 21.1 Å². The zero-order valence-electron chi connectivity index (χ0n) is 15.1. The minimum absolute atomic E-state index is 0.324. The molecule has 4 aromatic rings. The van der Waals surface area contributed by atoms with Crippen LogP contribution in [0.4, 0.5) is 4.39 Å². The van der Waals surface area contributed by atoms with E-state index >= 15 is 0 Å². The van der Waals surface area contributed by atoms with Crippen molar-refractivity contribution in [2.75, 3.05) is 20.2 Å². The van der Waals surface area contributed by atoms with Crippen LogP contribution in [0.3, 0.4) is 0 Å². The third-order valence-electron chi connectivity index (χ3n) is 5.10. The number of hydrogen-bond donors (Lipinski definition) is 1. The summed E-state index contributed by atoms with van der Waals surface area (Å²) in [6.07, 6.45) is 4.14. The maximum atomic E-state index is 14.6. The van der Waals surface area contributed by atoms with Crippen LogP contribution in [0.25, 0.3) is 31.0 Å². The number of benzene rings is 1. The molecule has 8 heteroatoms. The Morgan fingerprint density at radius 1 is 1.26 bits per heavy atom. The van der Waals surface area contributed by atoms with Gasteiger partial charge in [0.25, 0.3) is 0 Å². The predicted molar refractivity (Wildman–Crippen MR) is 109 cm³/mol. The van der Waals surface area contributed by atoms with Crippen LogP contribution in [-0.2, 0) is 7.05 Å². The van der Waals surface area contributed by atoms with Crippen molar-refractivity contribution >= 4 is 43.1 Å². The van der Waals surface area contributed by atoms with Gasteiger partial charge in [-0.2, -0.15) is 5.10 Å². The van der Waals surface area contributed by atoms with Gasteiger partial charge >= 0.3 is 0 Å². The van der Waals surface area contributed by atoms with Crippen LogP contribution in [0, 0.1) is 5.82 Å². The molecule has 3 aromatic heterocycles. The second-order valence-electron chi connectivity index (χ2n) is 6.87. The largest absolute Gasteiger partial charge is 0.495 e. The molecular weight excluding hydrogens is 383 g/mol. The van der Waals surface area contributed by atoms with Gasteiger partial charge in [0.2, 0.25) is 0 Å². The van der Waals surface area contributed by atoms with Crippen LogP contribution in [0.1, 0.15) is 23.6 Å². The predicted octanol–water partition coefficient (Wildman–Crippen LogP) is 4.53. The molecule has 4 heterocycles. The fraction of sp³-hybridized carbons (Fsp3) is 0.368. The van der Waals surface area contributed by atoms with Crippen LogP contribution in [0.5, 0.6) is 5.75 Å². The van der Waals surface area contributed by atoms with E-state index in [-0.39, 0.29) is 5.82 Å². The monoisotopic (exact) mass is 402 g/mol. The lowest BCUT2D eigenvalue weighted by atomic mass is 9.97. The zero-order chi connectivity index (χ0) is 18.5. The minimum atomic E-state index is -0.352. The smallest absolute Gasteiger partial charge is 0.152 e. The molecule has 0 unspecified atom stereocenters. The number of ether oxygens (including phenoxy) is 1. The van der Waals surface area contributed by atoms with E-state index in [1.54, 1.807) is 47.7 Å². The molecule has 1 saturated heterocycles. The third kappa shape index (κ3) is 2.83. The highest BCUT2D eigenvalue weighted by Gasteiger charge is 2.22. The van der Waals surface area contributed by atoms with Crippen LogP contribution < -0.4 is 10.1 Å². The number of methoxy groups -OCH3 is 1. The van der Waals surface area contributed by atoms with Crippen LogP contribution >= 0.6 is 22.7 Å². The van der Waals surface area contributed by atoms with Gasteiger partial charge in [0, 0.05) is 18.1 Å². The highest BCUT2D eigenvalue weighted by Crippen LogP contribution is 2.44. The molecule has 0 spiro atoms. The first kappa shape index (κ1) is 17.1. The average molecular weight is 403 g/mol. The number of piperidine rings is 1. The van der Waals surface area contributed by atoms with Crippen molar-refractivity contribution in [3.8, 4) is 16.3 Å². The molecule has 0 aliphatic carbocycles. The highest BCUT2D eigenvalue weighted by molar-refractivity contribution is 7.28. The van der Waals surface area contributed by atoms with Crippen LogP contribution in [0.2, 0.25) is 0 Å². The molecule has 140 valence electrons. The summed E-state index contributed by atoms with van der Waals surface area (Å²) in [6, 6.07) is 3.76. The summed E-state index contributed by atoms with van der Waals surface area (Å²) < 4.78 is 23.0. The fourth-order valence-corrected chi connectivity index (χ4v) is 6.20. The number of hydrogen-bond acceptors (Lipinski definition) is 6. The van der Waals surface area contributed by atoms with E-state index in [0.29, 0.717) is 28.1 Å². The summed E-state index contributed by atoms with van der Waals surface area (Å²) in [5.41, 5.74) is 1.01. The molecule has 0 radical (unpaired) electrons. The van der Waals surface area contributed by atoms with E-state index in [1.807, 2.05) is 0 Å². The molecule has 0 amide bonds. The lowest BCUT2D eigenvalue weighted by Crippen LogP contribution is -2.26. The normalized spacial score (nSPS) is 15.8. The molecule has 1 aliphatic rings. The van der Waals surface area contributed by atoms with Gasteiger partial charge in [-0.15, -0.1) is 22.7 Å². The van der Waals surface area contributed by atoms with Gasteiger partial charge in [-0.05, 0) is 44.0 Å². The molecule has 1 aromatic carbocycles. The first-order chi connectivity index (χ1) is 13.1. The lowest BCUT2D eigenvalue weighted by Gasteiger charge is -2.21. The molecule has 1 N–H and O–H groups in total. The summed E-state index contributed by atoms with van der Waals surface area (Å²) in [5.74, 6) is 0.898. The molecule has 0 atom stereocenters. The van der Waals surface area contributed by atoms with Crippen molar-refractivity contribution in [1.82, 2.24) is 20.1 Å². The maximum Gasteiger partial charge on any atom is 0.152 e. The van der Waals surface area contributed by atoms with Crippen molar-refractivity contribution in [2.24, 2.45) is 7.05 Å². The minimum Gasteiger partial charge on any atom is -0.495 e. The Morgan fingerprint density at radius 2 is 2.07 bits per heavy atom. The van der Waals surface area contributed by atoms with Crippen molar-refractivity contribution in [1.29, 1.82) is 0 Å². The first-order valence-corrected chi connectivity index (χ1v) is 10.6. The van der Waals surface area contributed by atoms with Gasteiger partial charge in [-0.3, -0.25) is 4.68 Å². The standard InChI is InChI=1S/C19H19FN4OS2/c1-24-9-12-16(23-24)13(20)7-11(17(12)25-2)18-22-19-15(27-18)8-14(26-19)10-3-5-21-6-4-10/h7-10,21H,3-6H2,1-2H3. The van der Waals surface area contributed by atoms with Crippen molar-refractivity contribution in [3.63, 3.8) is 0 Å². The molecular formula is C19H19FN4OS2. The molecule has 5 nitrogen and oxygen atoms in total. The molecule has 0 bridgehead atoms. The van der Waals surface area contributed by atoms with Crippen molar-refractivity contribution in [2.45, 2.75) is 18.8 Å². The highest BCUT2D eigenvalue weighted by atomic mass is 32.1. The summed E-state index contributed by atoms with van der Waals surface area (Å²) in [6.45, 7) is 2.16. The second kappa shape index (κ2) is 6.54. The topological polar surface area (TPSA) is 52.0 Å². The van der Waals surface area contributed by atoms with E-state index in [1.165, 1.54) is 23.8 Å². The SMILES string of the molecule is COc1c(-c2nc3sc(C4CCNCC4)cc3s2)cc(F)c2nn(C)cc12. The molecule has 5 rings (SSSR count). The lowest BCUT2D eigenvalue weighted by molar-refractivity contribution is 0.420. The Balaban J connectivity index is 1.59. The third-order valence-corrected chi connectivity index (χ3v) is 7.46. The van der Waals surface area contributed by atoms with Crippen LogP contribution in [-0.4, -0.2) is 35.0 Å². The van der Waals surface area contributed by atoms with E-state index in [9.17, 15) is 4.39 Å². The maximum absolute atomic E-state index is 14.6. The van der Waals surface area contributed by atoms with Gasteiger partial charge in [0.15, 0.2) is 5.82 Å². The first-order valence-electron chi connectivity index (χ1n) is 8.95. The summed E-state index contributed by atoms with van der Waals surface area (Å²) in [7, 11) is 3.38. The number of thiazole rings is 1. The number of aryl methyl sites for hydroxylation is 1. The Kier molecular flexibility index (Phi) is 4.14. The number of thiophene rings is 1. The van der Waals surface area contributed by atoms with Gasteiger partial charge in [-0.1, -0.05) is 0 Å². The summed E-state index contributed by atoms with van der Waals surface area (Å²) in [4.78, 5) is 7.25. The van der Waals surface area contributed by atoms with E-state index in [2.05, 4.69) is 16.5 Å². The number of aromatic nitrogens is 3. The summed E-state index contributed by atoms with van der Waals surface area (Å²) >= 11 is 3.36. The fourth-order valence-electron chi connectivity index (χ4n) is 3.79. The molecule has 1 aliphatic heterocycles. The quantitative estimate of drug-likeness (QED) is 0.547. The van der Waals surface area contributed by atoms with Gasteiger partial charge in [0.05, 0.1) is 22.8 Å². The zero-order valence-corrected chi connectivity index (χ0v) is 16.7. The van der Waals surface area contributed by atoms with Crippen molar-refractivity contribution < 1.29 is 9.13 Å². The Labute approximate surface area is 163 Å². The number of halogens is 1. The van der Waals surface area contributed by atoms with E-state index in [0.717, 1.165) is 27.6 Å². The number of rotatable bonds is 3. The second-order valence-corrected chi connectivity index (χ2v) is 8.96. The average Bonchev–Trinajstić information content (AvgIpc) is 3.35. The van der Waals surface area contributed by atoms with E-state index < -0.39 is 0 Å². The number of fused-ring (bicyclic) bond motifs is 2. The van der Waals surface area contributed by atoms with Gasteiger partial charge < -0.3 is 10.1 Å². The Bertz CT molecular complexity index is 1110. The molecule has 27 heavy (non-hydrogen) atoms. The van der Waals surface area contributed by atoms with Crippen molar-refractivity contribution in [3.05, 3.63) is 29.0 Å². The van der Waals surface area contributed by atoms with Gasteiger partial charge in [-0.25, -0.2) is 9.37 Å². The Hall–Kier alpha value is -2.03. The van der Waals surface area contributed by atoms with Crippen LogP contribution in [0.15, 0.2) is 18.3 Å².